The average Bonchev–Trinajstić information content (AvgIpc) is 3.08. The van der Waals surface area contributed by atoms with E-state index in [4.69, 9.17) is 32.7 Å². The molecule has 5 nitrogen and oxygen atoms in total. The Morgan fingerprint density at radius 2 is 1.68 bits per heavy atom. The van der Waals surface area contributed by atoms with Crippen LogP contribution >= 0.6 is 35.0 Å². The summed E-state index contributed by atoms with van der Waals surface area (Å²) < 4.78 is 11.6. The third kappa shape index (κ3) is 5.95. The van der Waals surface area contributed by atoms with Crippen LogP contribution in [0.4, 0.5) is 4.79 Å². The molecule has 34 heavy (non-hydrogen) atoms. The van der Waals surface area contributed by atoms with E-state index in [9.17, 15) is 9.59 Å². The van der Waals surface area contributed by atoms with E-state index in [0.717, 1.165) is 17.5 Å². The van der Waals surface area contributed by atoms with Crippen molar-refractivity contribution >= 4 is 52.2 Å². The molecule has 0 N–H and O–H groups in total. The Morgan fingerprint density at radius 3 is 2.44 bits per heavy atom. The van der Waals surface area contributed by atoms with Crippen LogP contribution in [0.5, 0.6) is 11.5 Å². The molecule has 0 spiro atoms. The zero-order chi connectivity index (χ0) is 24.1. The fourth-order valence-electron chi connectivity index (χ4n) is 3.27. The molecule has 0 saturated carbocycles. The molecule has 1 aliphatic heterocycles. The summed E-state index contributed by atoms with van der Waals surface area (Å²) in [6.45, 7) is 2.79. The number of carbonyl (C=O) groups is 2. The van der Waals surface area contributed by atoms with E-state index in [-0.39, 0.29) is 17.7 Å². The van der Waals surface area contributed by atoms with Gasteiger partial charge >= 0.3 is 0 Å². The third-order valence-corrected chi connectivity index (χ3v) is 6.55. The lowest BCUT2D eigenvalue weighted by molar-refractivity contribution is -0.123. The standard InChI is InChI=1S/C26H21Cl2NO4S/c1-17-6-10-21(11-7-17)32-12-13-33-23-5-3-2-4-18(23)14-24-25(30)29(26(31)34-24)16-19-8-9-20(27)15-22(19)28/h2-11,14-15H,12-13,16H2,1H3/b24-14-. The molecule has 3 aromatic rings. The fraction of sp³-hybridized carbons (Fsp3) is 0.154. The number of amides is 2. The SMILES string of the molecule is Cc1ccc(OCCOc2ccccc2/C=C2\SC(=O)N(Cc3ccc(Cl)cc3Cl)C2=O)cc1. The molecule has 174 valence electrons. The molecular formula is C26H21Cl2NO4S. The Hall–Kier alpha value is -2.93. The number of hydrogen-bond donors (Lipinski definition) is 0. The molecule has 2 amide bonds. The van der Waals surface area contributed by atoms with Crippen molar-refractivity contribution in [2.75, 3.05) is 13.2 Å². The molecule has 0 atom stereocenters. The van der Waals surface area contributed by atoms with Crippen molar-refractivity contribution in [3.63, 3.8) is 0 Å². The van der Waals surface area contributed by atoms with Gasteiger partial charge in [0, 0.05) is 15.6 Å². The monoisotopic (exact) mass is 513 g/mol. The van der Waals surface area contributed by atoms with Gasteiger partial charge in [0.05, 0.1) is 11.4 Å². The van der Waals surface area contributed by atoms with Crippen LogP contribution in [0.1, 0.15) is 16.7 Å². The Morgan fingerprint density at radius 1 is 0.941 bits per heavy atom. The van der Waals surface area contributed by atoms with Gasteiger partial charge in [-0.15, -0.1) is 0 Å². The molecule has 3 aromatic carbocycles. The Labute approximate surface area is 212 Å². The van der Waals surface area contributed by atoms with Crippen LogP contribution < -0.4 is 9.47 Å². The van der Waals surface area contributed by atoms with E-state index in [2.05, 4.69) is 0 Å². The number of aryl methyl sites for hydroxylation is 1. The first-order chi connectivity index (χ1) is 16.4. The fourth-order valence-corrected chi connectivity index (χ4v) is 4.57. The molecule has 1 heterocycles. The van der Waals surface area contributed by atoms with E-state index < -0.39 is 0 Å². The highest BCUT2D eigenvalue weighted by Crippen LogP contribution is 2.35. The zero-order valence-electron chi connectivity index (χ0n) is 18.3. The second kappa shape index (κ2) is 11.0. The van der Waals surface area contributed by atoms with Crippen molar-refractivity contribution in [3.05, 3.63) is 98.4 Å². The van der Waals surface area contributed by atoms with E-state index in [1.54, 1.807) is 24.3 Å². The summed E-state index contributed by atoms with van der Waals surface area (Å²) in [6, 6.07) is 20.1. The quantitative estimate of drug-likeness (QED) is 0.239. The van der Waals surface area contributed by atoms with Crippen molar-refractivity contribution in [3.8, 4) is 11.5 Å². The van der Waals surface area contributed by atoms with Crippen LogP contribution in [-0.4, -0.2) is 29.3 Å². The highest BCUT2D eigenvalue weighted by atomic mass is 35.5. The Kier molecular flexibility index (Phi) is 7.83. The van der Waals surface area contributed by atoms with Crippen LogP contribution in [0, 0.1) is 6.92 Å². The van der Waals surface area contributed by atoms with Gasteiger partial charge in [0.25, 0.3) is 11.1 Å². The molecule has 4 rings (SSSR count). The maximum atomic E-state index is 12.9. The summed E-state index contributed by atoms with van der Waals surface area (Å²) in [4.78, 5) is 27.0. The van der Waals surface area contributed by atoms with Crippen molar-refractivity contribution in [1.29, 1.82) is 0 Å². The van der Waals surface area contributed by atoms with Gasteiger partial charge in [-0.1, -0.05) is 65.2 Å². The van der Waals surface area contributed by atoms with Crippen molar-refractivity contribution < 1.29 is 19.1 Å². The van der Waals surface area contributed by atoms with Crippen LogP contribution in [0.2, 0.25) is 10.0 Å². The van der Waals surface area contributed by atoms with Crippen LogP contribution in [0.25, 0.3) is 6.08 Å². The summed E-state index contributed by atoms with van der Waals surface area (Å²) in [7, 11) is 0. The maximum absolute atomic E-state index is 12.9. The van der Waals surface area contributed by atoms with E-state index in [0.29, 0.717) is 45.0 Å². The van der Waals surface area contributed by atoms with Gasteiger partial charge in [-0.05, 0) is 60.7 Å². The third-order valence-electron chi connectivity index (χ3n) is 5.05. The molecule has 1 fully saturated rings. The van der Waals surface area contributed by atoms with E-state index >= 15 is 0 Å². The topological polar surface area (TPSA) is 55.8 Å². The lowest BCUT2D eigenvalue weighted by Gasteiger charge is -2.14. The molecule has 0 aliphatic carbocycles. The summed E-state index contributed by atoms with van der Waals surface area (Å²) in [5.41, 5.74) is 2.51. The van der Waals surface area contributed by atoms with Crippen LogP contribution in [-0.2, 0) is 11.3 Å². The molecule has 1 saturated heterocycles. The molecule has 0 aromatic heterocycles. The highest BCUT2D eigenvalue weighted by Gasteiger charge is 2.35. The number of carbonyl (C=O) groups excluding carboxylic acids is 2. The van der Waals surface area contributed by atoms with E-state index in [1.165, 1.54) is 10.5 Å². The number of imide groups is 1. The minimum Gasteiger partial charge on any atom is -0.490 e. The first kappa shape index (κ1) is 24.2. The summed E-state index contributed by atoms with van der Waals surface area (Å²) >= 11 is 13.0. The van der Waals surface area contributed by atoms with Crippen molar-refractivity contribution in [2.45, 2.75) is 13.5 Å². The molecular weight excluding hydrogens is 493 g/mol. The lowest BCUT2D eigenvalue weighted by Crippen LogP contribution is -2.27. The first-order valence-corrected chi connectivity index (χ1v) is 12.1. The predicted molar refractivity (Wildman–Crippen MR) is 137 cm³/mol. The second-order valence-electron chi connectivity index (χ2n) is 7.55. The van der Waals surface area contributed by atoms with Gasteiger partial charge in [-0.3, -0.25) is 14.5 Å². The van der Waals surface area contributed by atoms with Crippen LogP contribution in [0.15, 0.2) is 71.6 Å². The molecule has 0 unspecified atom stereocenters. The molecule has 0 bridgehead atoms. The number of halogens is 2. The minimum absolute atomic E-state index is 0.0759. The lowest BCUT2D eigenvalue weighted by atomic mass is 10.1. The number of hydrogen-bond acceptors (Lipinski definition) is 5. The molecule has 8 heteroatoms. The summed E-state index contributed by atoms with van der Waals surface area (Å²) in [5.74, 6) is 0.998. The Bertz CT molecular complexity index is 1240. The largest absolute Gasteiger partial charge is 0.490 e. The number of rotatable bonds is 8. The average molecular weight is 514 g/mol. The normalized spacial score (nSPS) is 14.7. The molecule has 1 aliphatic rings. The van der Waals surface area contributed by atoms with Gasteiger partial charge in [0.1, 0.15) is 24.7 Å². The van der Waals surface area contributed by atoms with Gasteiger partial charge in [0.2, 0.25) is 0 Å². The van der Waals surface area contributed by atoms with Crippen LogP contribution in [0.3, 0.4) is 0 Å². The summed E-state index contributed by atoms with van der Waals surface area (Å²) in [6.07, 6.45) is 1.67. The van der Waals surface area contributed by atoms with Crippen molar-refractivity contribution in [2.24, 2.45) is 0 Å². The molecule has 0 radical (unpaired) electrons. The minimum atomic E-state index is -0.376. The van der Waals surface area contributed by atoms with Crippen molar-refractivity contribution in [1.82, 2.24) is 4.90 Å². The first-order valence-electron chi connectivity index (χ1n) is 10.5. The Balaban J connectivity index is 1.41. The van der Waals surface area contributed by atoms with Gasteiger partial charge in [-0.25, -0.2) is 0 Å². The number of ether oxygens (including phenoxy) is 2. The highest BCUT2D eigenvalue weighted by molar-refractivity contribution is 8.18. The van der Waals surface area contributed by atoms with Gasteiger partial charge in [-0.2, -0.15) is 0 Å². The smallest absolute Gasteiger partial charge is 0.293 e. The number of para-hydroxylation sites is 1. The van der Waals surface area contributed by atoms with Gasteiger partial charge < -0.3 is 9.47 Å². The second-order valence-corrected chi connectivity index (χ2v) is 9.39. The maximum Gasteiger partial charge on any atom is 0.293 e. The zero-order valence-corrected chi connectivity index (χ0v) is 20.6. The number of benzene rings is 3. The summed E-state index contributed by atoms with van der Waals surface area (Å²) in [5, 5.41) is 0.540. The predicted octanol–water partition coefficient (Wildman–Crippen LogP) is 7.00. The van der Waals surface area contributed by atoms with Gasteiger partial charge in [0.15, 0.2) is 0 Å². The number of nitrogens with zero attached hydrogens (tertiary/aromatic N) is 1. The number of thioether (sulfide) groups is 1. The van der Waals surface area contributed by atoms with E-state index in [1.807, 2.05) is 55.5 Å².